The van der Waals surface area contributed by atoms with Crippen LogP contribution in [0.5, 0.6) is 0 Å². The van der Waals surface area contributed by atoms with Gasteiger partial charge >= 0.3 is 0 Å². The highest BCUT2D eigenvalue weighted by Gasteiger charge is 2.19. The van der Waals surface area contributed by atoms with Crippen molar-refractivity contribution in [1.82, 2.24) is 9.88 Å². The van der Waals surface area contributed by atoms with Crippen LogP contribution in [0.25, 0.3) is 10.8 Å². The number of aryl methyl sites for hydroxylation is 2. The first-order valence-corrected chi connectivity index (χ1v) is 10.3. The molecule has 2 aromatic heterocycles. The minimum Gasteiger partial charge on any atom is -0.440 e. The van der Waals surface area contributed by atoms with Gasteiger partial charge in [-0.2, -0.15) is 0 Å². The highest BCUT2D eigenvalue weighted by molar-refractivity contribution is 9.10. The van der Waals surface area contributed by atoms with E-state index in [9.17, 15) is 9.59 Å². The van der Waals surface area contributed by atoms with E-state index in [1.54, 1.807) is 14.0 Å². The summed E-state index contributed by atoms with van der Waals surface area (Å²) in [4.78, 5) is 31.6. The second-order valence-electron chi connectivity index (χ2n) is 6.43. The van der Waals surface area contributed by atoms with Crippen LogP contribution in [0, 0.1) is 13.8 Å². The zero-order valence-corrected chi connectivity index (χ0v) is 18.2. The van der Waals surface area contributed by atoms with E-state index in [2.05, 4.69) is 26.2 Å². The summed E-state index contributed by atoms with van der Waals surface area (Å²) in [5, 5.41) is 4.78. The van der Waals surface area contributed by atoms with Gasteiger partial charge in [-0.25, -0.2) is 4.98 Å². The second kappa shape index (κ2) is 8.70. The third-order valence-corrected chi connectivity index (χ3v) is 5.56. The number of nitrogens with zero attached hydrogens (tertiary/aromatic N) is 2. The molecule has 0 bridgehead atoms. The van der Waals surface area contributed by atoms with E-state index in [0.717, 1.165) is 20.6 Å². The molecule has 0 unspecified atom stereocenters. The third-order valence-electron chi connectivity index (χ3n) is 4.21. The Hall–Kier alpha value is -2.45. The lowest BCUT2D eigenvalue weighted by Gasteiger charge is -2.17. The van der Waals surface area contributed by atoms with Crippen LogP contribution in [0.3, 0.4) is 0 Å². The summed E-state index contributed by atoms with van der Waals surface area (Å²) in [5.41, 5.74) is 2.25. The van der Waals surface area contributed by atoms with Crippen LogP contribution >= 0.6 is 27.3 Å². The molecule has 0 saturated carbocycles. The maximum atomic E-state index is 12.5. The predicted molar refractivity (Wildman–Crippen MR) is 113 cm³/mol. The van der Waals surface area contributed by atoms with Gasteiger partial charge in [0, 0.05) is 17.2 Å². The Kier molecular flexibility index (Phi) is 6.31. The molecular weight excluding hydrogens is 442 g/mol. The quantitative estimate of drug-likeness (QED) is 0.589. The molecule has 0 aliphatic heterocycles. The van der Waals surface area contributed by atoms with Crippen LogP contribution in [-0.4, -0.2) is 35.3 Å². The van der Waals surface area contributed by atoms with E-state index >= 15 is 0 Å². The number of amides is 2. The molecule has 0 saturated heterocycles. The molecule has 28 heavy (non-hydrogen) atoms. The van der Waals surface area contributed by atoms with Crippen molar-refractivity contribution in [3.05, 3.63) is 57.2 Å². The molecule has 3 rings (SSSR count). The Labute approximate surface area is 175 Å². The number of likely N-dealkylation sites (N-methyl/N-ethyl adjacent to an activating group) is 1. The van der Waals surface area contributed by atoms with Crippen molar-refractivity contribution in [2.24, 2.45) is 0 Å². The topological polar surface area (TPSA) is 75.4 Å². The SMILES string of the molecule is Cc1cc(Br)ccc1NC(=O)CN(C)C(=O)Cc1nc(-c2cccs2)oc1C. The molecule has 2 amide bonds. The van der Waals surface area contributed by atoms with Gasteiger partial charge in [-0.3, -0.25) is 9.59 Å². The highest BCUT2D eigenvalue weighted by Crippen LogP contribution is 2.26. The normalized spacial score (nSPS) is 10.7. The number of hydrogen-bond donors (Lipinski definition) is 1. The number of anilines is 1. The summed E-state index contributed by atoms with van der Waals surface area (Å²) < 4.78 is 6.61. The molecule has 1 N–H and O–H groups in total. The number of thiophene rings is 1. The molecule has 0 spiro atoms. The molecule has 0 radical (unpaired) electrons. The second-order valence-corrected chi connectivity index (χ2v) is 8.30. The number of benzene rings is 1. The first kappa shape index (κ1) is 20.3. The van der Waals surface area contributed by atoms with Gasteiger partial charge in [0.15, 0.2) is 0 Å². The molecule has 2 heterocycles. The summed E-state index contributed by atoms with van der Waals surface area (Å²) in [7, 11) is 1.60. The van der Waals surface area contributed by atoms with Gasteiger partial charge in [0.05, 0.1) is 23.5 Å². The van der Waals surface area contributed by atoms with E-state index in [-0.39, 0.29) is 24.8 Å². The molecule has 8 heteroatoms. The van der Waals surface area contributed by atoms with Crippen molar-refractivity contribution in [3.63, 3.8) is 0 Å². The fourth-order valence-corrected chi connectivity index (χ4v) is 3.76. The number of halogens is 1. The van der Waals surface area contributed by atoms with Crippen LogP contribution in [-0.2, 0) is 16.0 Å². The molecule has 0 aliphatic rings. The largest absolute Gasteiger partial charge is 0.440 e. The molecule has 6 nitrogen and oxygen atoms in total. The molecule has 3 aromatic rings. The first-order chi connectivity index (χ1) is 13.3. The van der Waals surface area contributed by atoms with Crippen molar-refractivity contribution in [2.75, 3.05) is 18.9 Å². The number of carbonyl (C=O) groups excluding carboxylic acids is 2. The maximum absolute atomic E-state index is 12.5. The summed E-state index contributed by atoms with van der Waals surface area (Å²) in [6.45, 7) is 3.66. The minimum absolute atomic E-state index is 0.0387. The zero-order chi connectivity index (χ0) is 20.3. The number of carbonyl (C=O) groups is 2. The van der Waals surface area contributed by atoms with Crippen molar-refractivity contribution < 1.29 is 14.0 Å². The predicted octanol–water partition coefficient (Wildman–Crippen LogP) is 4.42. The van der Waals surface area contributed by atoms with Gasteiger partial charge in [0.2, 0.25) is 17.7 Å². The van der Waals surface area contributed by atoms with Gasteiger partial charge in [0.1, 0.15) is 5.76 Å². The highest BCUT2D eigenvalue weighted by atomic mass is 79.9. The van der Waals surface area contributed by atoms with Gasteiger partial charge in [-0.1, -0.05) is 22.0 Å². The molecule has 1 aromatic carbocycles. The Morgan fingerprint density at radius 1 is 1.29 bits per heavy atom. The smallest absolute Gasteiger partial charge is 0.243 e. The lowest BCUT2D eigenvalue weighted by Crippen LogP contribution is -2.36. The van der Waals surface area contributed by atoms with Crippen LogP contribution in [0.15, 0.2) is 44.6 Å². The Morgan fingerprint density at radius 2 is 2.07 bits per heavy atom. The third kappa shape index (κ3) is 4.88. The Morgan fingerprint density at radius 3 is 2.75 bits per heavy atom. The van der Waals surface area contributed by atoms with E-state index in [4.69, 9.17) is 4.42 Å². The zero-order valence-electron chi connectivity index (χ0n) is 15.8. The van der Waals surface area contributed by atoms with Gasteiger partial charge in [0.25, 0.3) is 0 Å². The Balaban J connectivity index is 1.59. The van der Waals surface area contributed by atoms with E-state index in [1.807, 2.05) is 42.6 Å². The lowest BCUT2D eigenvalue weighted by molar-refractivity contribution is -0.132. The minimum atomic E-state index is -0.252. The first-order valence-electron chi connectivity index (χ1n) is 8.63. The molecule has 0 atom stereocenters. The number of hydrogen-bond acceptors (Lipinski definition) is 5. The average Bonchev–Trinajstić information content (AvgIpc) is 3.27. The van der Waals surface area contributed by atoms with Gasteiger partial charge in [-0.15, -0.1) is 11.3 Å². The van der Waals surface area contributed by atoms with Gasteiger partial charge in [-0.05, 0) is 49.1 Å². The molecule has 146 valence electrons. The average molecular weight is 462 g/mol. The molecule has 0 aliphatic carbocycles. The monoisotopic (exact) mass is 461 g/mol. The number of oxazole rings is 1. The lowest BCUT2D eigenvalue weighted by atomic mass is 10.2. The van der Waals surface area contributed by atoms with Crippen molar-refractivity contribution in [2.45, 2.75) is 20.3 Å². The number of rotatable bonds is 6. The maximum Gasteiger partial charge on any atom is 0.243 e. The van der Waals surface area contributed by atoms with Crippen LogP contribution in [0.2, 0.25) is 0 Å². The summed E-state index contributed by atoms with van der Waals surface area (Å²) in [6.07, 6.45) is 0.0851. The van der Waals surface area contributed by atoms with Crippen LogP contribution < -0.4 is 5.32 Å². The van der Waals surface area contributed by atoms with Crippen LogP contribution in [0.1, 0.15) is 17.0 Å². The number of aromatic nitrogens is 1. The fourth-order valence-electron chi connectivity index (χ4n) is 2.64. The Bertz CT molecular complexity index is 998. The van der Waals surface area contributed by atoms with Crippen molar-refractivity contribution in [1.29, 1.82) is 0 Å². The summed E-state index contributed by atoms with van der Waals surface area (Å²) >= 11 is 4.92. The van der Waals surface area contributed by atoms with E-state index in [1.165, 1.54) is 16.2 Å². The summed E-state index contributed by atoms with van der Waals surface area (Å²) in [6, 6.07) is 9.44. The standard InChI is InChI=1S/C20H20BrN3O3S/c1-12-9-14(21)6-7-15(12)22-18(25)11-24(3)19(26)10-16-13(2)27-20(23-16)17-5-4-8-28-17/h4-9H,10-11H2,1-3H3,(H,22,25). The van der Waals surface area contributed by atoms with E-state index in [0.29, 0.717) is 17.3 Å². The van der Waals surface area contributed by atoms with Crippen LogP contribution in [0.4, 0.5) is 5.69 Å². The van der Waals surface area contributed by atoms with E-state index < -0.39 is 0 Å². The number of nitrogens with one attached hydrogen (secondary N) is 1. The van der Waals surface area contributed by atoms with Gasteiger partial charge < -0.3 is 14.6 Å². The molecular formula is C20H20BrN3O3S. The molecule has 0 fully saturated rings. The van der Waals surface area contributed by atoms with Crippen molar-refractivity contribution in [3.8, 4) is 10.8 Å². The summed E-state index contributed by atoms with van der Waals surface area (Å²) in [5.74, 6) is 0.677. The fraction of sp³-hybridized carbons (Fsp3) is 0.250. The van der Waals surface area contributed by atoms with Crippen molar-refractivity contribution >= 4 is 44.8 Å².